The summed E-state index contributed by atoms with van der Waals surface area (Å²) in [6.45, 7) is 3.95. The molecule has 0 spiro atoms. The van der Waals surface area contributed by atoms with Crippen LogP contribution in [0.25, 0.3) is 0 Å². The summed E-state index contributed by atoms with van der Waals surface area (Å²) in [7, 11) is 0. The Balaban J connectivity index is 2.54. The van der Waals surface area contributed by atoms with E-state index in [1.54, 1.807) is 12.3 Å². The molecule has 6 heteroatoms. The van der Waals surface area contributed by atoms with Gasteiger partial charge in [0, 0.05) is 25.7 Å². The fourth-order valence-electron chi connectivity index (χ4n) is 1.26. The third kappa shape index (κ3) is 3.58. The van der Waals surface area contributed by atoms with Gasteiger partial charge in [-0.05, 0) is 13.0 Å². The standard InChI is InChI=1S/C10H15ClN4O/c1-6(15-7(2)16)5-14-8-3-4-13-10(11)9(8)12/h3-4,6H,5,12H2,1-2H3,(H,13,14)(H,15,16). The smallest absolute Gasteiger partial charge is 0.217 e. The Labute approximate surface area is 99.4 Å². The highest BCUT2D eigenvalue weighted by molar-refractivity contribution is 6.32. The Hall–Kier alpha value is -1.49. The number of carbonyl (C=O) groups is 1. The van der Waals surface area contributed by atoms with Crippen LogP contribution in [-0.2, 0) is 4.79 Å². The number of nitrogens with two attached hydrogens (primary N) is 1. The van der Waals surface area contributed by atoms with Crippen LogP contribution in [0, 0.1) is 0 Å². The van der Waals surface area contributed by atoms with Crippen LogP contribution < -0.4 is 16.4 Å². The number of carbonyl (C=O) groups excluding carboxylic acids is 1. The first-order valence-electron chi connectivity index (χ1n) is 4.91. The highest BCUT2D eigenvalue weighted by Gasteiger charge is 2.06. The van der Waals surface area contributed by atoms with E-state index in [9.17, 15) is 4.79 Å². The van der Waals surface area contributed by atoms with E-state index in [0.717, 1.165) is 5.69 Å². The average molecular weight is 243 g/mol. The Kier molecular flexibility index (Phi) is 4.37. The number of nitrogen functional groups attached to an aromatic ring is 1. The van der Waals surface area contributed by atoms with Gasteiger partial charge in [-0.25, -0.2) is 4.98 Å². The first kappa shape index (κ1) is 12.6. The van der Waals surface area contributed by atoms with Crippen LogP contribution in [0.4, 0.5) is 11.4 Å². The van der Waals surface area contributed by atoms with Crippen LogP contribution in [0.3, 0.4) is 0 Å². The lowest BCUT2D eigenvalue weighted by atomic mass is 10.3. The van der Waals surface area contributed by atoms with Crippen molar-refractivity contribution in [2.45, 2.75) is 19.9 Å². The van der Waals surface area contributed by atoms with Crippen LogP contribution in [0.1, 0.15) is 13.8 Å². The van der Waals surface area contributed by atoms with Crippen molar-refractivity contribution in [3.8, 4) is 0 Å². The number of halogens is 1. The first-order valence-corrected chi connectivity index (χ1v) is 5.29. The van der Waals surface area contributed by atoms with Crippen molar-refractivity contribution >= 4 is 28.9 Å². The minimum Gasteiger partial charge on any atom is -0.395 e. The fourth-order valence-corrected chi connectivity index (χ4v) is 1.42. The minimum atomic E-state index is -0.0602. The van der Waals surface area contributed by atoms with Crippen molar-refractivity contribution in [3.63, 3.8) is 0 Å². The van der Waals surface area contributed by atoms with Crippen LogP contribution in [-0.4, -0.2) is 23.5 Å². The molecular formula is C10H15ClN4O. The molecule has 0 aromatic carbocycles. The second kappa shape index (κ2) is 5.55. The number of anilines is 2. The molecule has 5 nitrogen and oxygen atoms in total. The monoisotopic (exact) mass is 242 g/mol. The molecular weight excluding hydrogens is 228 g/mol. The van der Waals surface area contributed by atoms with Gasteiger partial charge < -0.3 is 16.4 Å². The molecule has 4 N–H and O–H groups in total. The molecule has 88 valence electrons. The van der Waals surface area contributed by atoms with Gasteiger partial charge in [0.15, 0.2) is 5.15 Å². The minimum absolute atomic E-state index is 0.0174. The largest absolute Gasteiger partial charge is 0.395 e. The summed E-state index contributed by atoms with van der Waals surface area (Å²) in [6.07, 6.45) is 1.57. The predicted molar refractivity (Wildman–Crippen MR) is 65.4 cm³/mol. The molecule has 1 unspecified atom stereocenters. The summed E-state index contributed by atoms with van der Waals surface area (Å²) in [6, 6.07) is 1.76. The second-order valence-corrected chi connectivity index (χ2v) is 3.90. The molecule has 1 heterocycles. The number of aromatic nitrogens is 1. The number of nitrogens with zero attached hydrogens (tertiary/aromatic N) is 1. The van der Waals surface area contributed by atoms with Crippen LogP contribution in [0.15, 0.2) is 12.3 Å². The number of rotatable bonds is 4. The number of nitrogens with one attached hydrogen (secondary N) is 2. The van der Waals surface area contributed by atoms with Crippen molar-refractivity contribution in [2.24, 2.45) is 0 Å². The Bertz CT molecular complexity index is 383. The Morgan fingerprint density at radius 1 is 1.69 bits per heavy atom. The van der Waals surface area contributed by atoms with Crippen molar-refractivity contribution in [3.05, 3.63) is 17.4 Å². The predicted octanol–water partition coefficient (Wildman–Crippen LogP) is 1.25. The quantitative estimate of drug-likeness (QED) is 0.695. The average Bonchev–Trinajstić information content (AvgIpc) is 2.19. The van der Waals surface area contributed by atoms with Gasteiger partial charge in [-0.3, -0.25) is 4.79 Å². The molecule has 0 saturated carbocycles. The van der Waals surface area contributed by atoms with Gasteiger partial charge in [-0.1, -0.05) is 11.6 Å². The molecule has 0 fully saturated rings. The third-order valence-electron chi connectivity index (χ3n) is 1.99. The van der Waals surface area contributed by atoms with Gasteiger partial charge in [0.2, 0.25) is 5.91 Å². The fraction of sp³-hybridized carbons (Fsp3) is 0.400. The van der Waals surface area contributed by atoms with Crippen molar-refractivity contribution in [1.82, 2.24) is 10.3 Å². The molecule has 0 aliphatic carbocycles. The van der Waals surface area contributed by atoms with E-state index in [1.165, 1.54) is 6.92 Å². The van der Waals surface area contributed by atoms with Crippen molar-refractivity contribution in [2.75, 3.05) is 17.6 Å². The zero-order valence-electron chi connectivity index (χ0n) is 9.25. The van der Waals surface area contributed by atoms with Gasteiger partial charge in [0.1, 0.15) is 0 Å². The summed E-state index contributed by atoms with van der Waals surface area (Å²) in [5.74, 6) is -0.0602. The Morgan fingerprint density at radius 2 is 2.38 bits per heavy atom. The van der Waals surface area contributed by atoms with E-state index in [4.69, 9.17) is 17.3 Å². The molecule has 0 aliphatic rings. The molecule has 0 bridgehead atoms. The summed E-state index contributed by atoms with van der Waals surface area (Å²) in [5, 5.41) is 6.13. The van der Waals surface area contributed by atoms with Crippen LogP contribution >= 0.6 is 11.6 Å². The first-order chi connectivity index (χ1) is 7.50. The van der Waals surface area contributed by atoms with Crippen molar-refractivity contribution in [1.29, 1.82) is 0 Å². The highest BCUT2D eigenvalue weighted by Crippen LogP contribution is 2.24. The Morgan fingerprint density at radius 3 is 3.00 bits per heavy atom. The van der Waals surface area contributed by atoms with Gasteiger partial charge in [0.05, 0.1) is 11.4 Å². The van der Waals surface area contributed by atoms with E-state index in [-0.39, 0.29) is 17.1 Å². The summed E-state index contributed by atoms with van der Waals surface area (Å²) < 4.78 is 0. The molecule has 1 rings (SSSR count). The molecule has 0 saturated heterocycles. The summed E-state index contributed by atoms with van der Waals surface area (Å²) in [4.78, 5) is 14.6. The van der Waals surface area contributed by atoms with Gasteiger partial charge in [-0.15, -0.1) is 0 Å². The van der Waals surface area contributed by atoms with Crippen LogP contribution in [0.5, 0.6) is 0 Å². The summed E-state index contributed by atoms with van der Waals surface area (Å²) >= 11 is 5.77. The van der Waals surface area contributed by atoms with Gasteiger partial charge in [0.25, 0.3) is 0 Å². The lowest BCUT2D eigenvalue weighted by molar-refractivity contribution is -0.119. The second-order valence-electron chi connectivity index (χ2n) is 3.55. The molecule has 16 heavy (non-hydrogen) atoms. The van der Waals surface area contributed by atoms with Gasteiger partial charge in [-0.2, -0.15) is 0 Å². The number of hydrogen-bond acceptors (Lipinski definition) is 4. The summed E-state index contributed by atoms with van der Waals surface area (Å²) in [5.41, 5.74) is 6.86. The number of amides is 1. The number of hydrogen-bond donors (Lipinski definition) is 3. The zero-order valence-corrected chi connectivity index (χ0v) is 10.0. The third-order valence-corrected chi connectivity index (χ3v) is 2.29. The van der Waals surface area contributed by atoms with E-state index in [0.29, 0.717) is 12.2 Å². The molecule has 0 aliphatic heterocycles. The zero-order chi connectivity index (χ0) is 12.1. The van der Waals surface area contributed by atoms with E-state index in [1.807, 2.05) is 6.92 Å². The lowest BCUT2D eigenvalue weighted by Gasteiger charge is -2.15. The lowest BCUT2D eigenvalue weighted by Crippen LogP contribution is -2.35. The molecule has 1 aromatic rings. The molecule has 1 amide bonds. The van der Waals surface area contributed by atoms with E-state index < -0.39 is 0 Å². The maximum absolute atomic E-state index is 10.8. The topological polar surface area (TPSA) is 80.0 Å². The van der Waals surface area contributed by atoms with Crippen molar-refractivity contribution < 1.29 is 4.79 Å². The molecule has 0 radical (unpaired) electrons. The SMILES string of the molecule is CC(=O)NC(C)CNc1ccnc(Cl)c1N. The van der Waals surface area contributed by atoms with E-state index >= 15 is 0 Å². The maximum Gasteiger partial charge on any atom is 0.217 e. The van der Waals surface area contributed by atoms with Gasteiger partial charge >= 0.3 is 0 Å². The maximum atomic E-state index is 10.8. The van der Waals surface area contributed by atoms with Crippen LogP contribution in [0.2, 0.25) is 5.15 Å². The molecule has 1 atom stereocenters. The molecule has 1 aromatic heterocycles. The highest BCUT2D eigenvalue weighted by atomic mass is 35.5. The number of pyridine rings is 1. The van der Waals surface area contributed by atoms with E-state index in [2.05, 4.69) is 15.6 Å². The normalized spacial score (nSPS) is 11.9.